The molecule has 0 bridgehead atoms. The van der Waals surface area contributed by atoms with Crippen molar-refractivity contribution in [3.63, 3.8) is 0 Å². The average Bonchev–Trinajstić information content (AvgIpc) is 2.89. The third-order valence-corrected chi connectivity index (χ3v) is 5.72. The Morgan fingerprint density at radius 3 is 1.83 bits per heavy atom. The summed E-state index contributed by atoms with van der Waals surface area (Å²) in [5, 5.41) is 0. The lowest BCUT2D eigenvalue weighted by molar-refractivity contribution is -0.206. The van der Waals surface area contributed by atoms with Crippen LogP contribution >= 0.6 is 0 Å². The monoisotopic (exact) mass is 498 g/mol. The van der Waals surface area contributed by atoms with Crippen LogP contribution in [0.1, 0.15) is 65.3 Å². The summed E-state index contributed by atoms with van der Waals surface area (Å²) in [4.78, 5) is 24.6. The summed E-state index contributed by atoms with van der Waals surface area (Å²) < 4.78 is 50.0. The second-order valence-electron chi connectivity index (χ2n) is 8.50. The summed E-state index contributed by atoms with van der Waals surface area (Å²) in [5.41, 5.74) is 2.84. The van der Waals surface area contributed by atoms with E-state index in [-0.39, 0.29) is 18.6 Å². The van der Waals surface area contributed by atoms with E-state index >= 15 is 0 Å². The highest BCUT2D eigenvalue weighted by molar-refractivity contribution is 5.91. The summed E-state index contributed by atoms with van der Waals surface area (Å²) in [6, 6.07) is 22.2. The van der Waals surface area contributed by atoms with Crippen molar-refractivity contribution in [3.05, 3.63) is 95.6 Å². The summed E-state index contributed by atoms with van der Waals surface area (Å²) in [5.74, 6) is -1.45. The van der Waals surface area contributed by atoms with E-state index < -0.39 is 24.2 Å². The molecule has 4 nitrogen and oxygen atoms in total. The van der Waals surface area contributed by atoms with Crippen LogP contribution in [-0.4, -0.2) is 24.2 Å². The van der Waals surface area contributed by atoms with Gasteiger partial charge in [-0.05, 0) is 53.8 Å². The number of halogens is 3. The lowest BCUT2D eigenvalue weighted by Crippen LogP contribution is -2.33. The summed E-state index contributed by atoms with van der Waals surface area (Å²) in [6.45, 7) is 2.15. The van der Waals surface area contributed by atoms with Gasteiger partial charge in [-0.25, -0.2) is 9.59 Å². The molecule has 1 atom stereocenters. The highest BCUT2D eigenvalue weighted by atomic mass is 19.4. The van der Waals surface area contributed by atoms with Crippen molar-refractivity contribution in [2.45, 2.75) is 57.9 Å². The number of rotatable bonds is 11. The van der Waals surface area contributed by atoms with Crippen LogP contribution in [0.3, 0.4) is 0 Å². The van der Waals surface area contributed by atoms with Crippen molar-refractivity contribution < 1.29 is 32.2 Å². The second-order valence-corrected chi connectivity index (χ2v) is 8.50. The first-order chi connectivity index (χ1) is 17.3. The van der Waals surface area contributed by atoms with Gasteiger partial charge in [0.2, 0.25) is 0 Å². The van der Waals surface area contributed by atoms with Crippen LogP contribution < -0.4 is 0 Å². The molecule has 190 valence electrons. The van der Waals surface area contributed by atoms with Gasteiger partial charge in [0.15, 0.2) is 6.10 Å². The van der Waals surface area contributed by atoms with Gasteiger partial charge in [-0.1, -0.05) is 80.8 Å². The Morgan fingerprint density at radius 2 is 1.31 bits per heavy atom. The molecule has 0 aliphatic carbocycles. The Labute approximate surface area is 209 Å². The van der Waals surface area contributed by atoms with E-state index in [0.717, 1.165) is 29.5 Å². The zero-order chi connectivity index (χ0) is 26.0. The zero-order valence-electron chi connectivity index (χ0n) is 20.1. The number of unbranched alkanes of at least 4 members (excludes halogenated alkanes) is 3. The molecular weight excluding hydrogens is 469 g/mol. The molecule has 0 saturated carbocycles. The van der Waals surface area contributed by atoms with E-state index in [0.29, 0.717) is 18.4 Å². The second kappa shape index (κ2) is 12.9. The summed E-state index contributed by atoms with van der Waals surface area (Å²) >= 11 is 0. The van der Waals surface area contributed by atoms with Crippen molar-refractivity contribution in [1.29, 1.82) is 0 Å². The van der Waals surface area contributed by atoms with Crippen molar-refractivity contribution in [3.8, 4) is 11.1 Å². The molecule has 0 heterocycles. The first-order valence-electron chi connectivity index (χ1n) is 12.0. The molecule has 3 aromatic rings. The van der Waals surface area contributed by atoms with Crippen molar-refractivity contribution >= 4 is 11.9 Å². The third kappa shape index (κ3) is 7.97. The van der Waals surface area contributed by atoms with Gasteiger partial charge in [0, 0.05) is 0 Å². The molecule has 0 fully saturated rings. The fourth-order valence-electron chi connectivity index (χ4n) is 3.65. The van der Waals surface area contributed by atoms with Crippen LogP contribution in [0.4, 0.5) is 13.2 Å². The van der Waals surface area contributed by atoms with Crippen molar-refractivity contribution in [2.24, 2.45) is 0 Å². The minimum absolute atomic E-state index is 0.0441. The quantitative estimate of drug-likeness (QED) is 0.200. The highest BCUT2D eigenvalue weighted by Crippen LogP contribution is 2.28. The maximum atomic E-state index is 13.3. The topological polar surface area (TPSA) is 52.6 Å². The van der Waals surface area contributed by atoms with Gasteiger partial charge >= 0.3 is 18.1 Å². The predicted molar refractivity (Wildman–Crippen MR) is 131 cm³/mol. The minimum atomic E-state index is -4.61. The lowest BCUT2D eigenvalue weighted by atomic mass is 10.0. The maximum Gasteiger partial charge on any atom is 0.425 e. The summed E-state index contributed by atoms with van der Waals surface area (Å²) in [6.07, 6.45) is -4.20. The number of ether oxygens (including phenoxy) is 2. The van der Waals surface area contributed by atoms with Gasteiger partial charge in [0.1, 0.15) is 6.61 Å². The van der Waals surface area contributed by atoms with E-state index in [1.54, 1.807) is 36.4 Å². The molecule has 1 unspecified atom stereocenters. The molecule has 0 aromatic heterocycles. The molecule has 0 N–H and O–H groups in total. The van der Waals surface area contributed by atoms with Crippen molar-refractivity contribution in [2.75, 3.05) is 0 Å². The predicted octanol–water partition coefficient (Wildman–Crippen LogP) is 7.77. The normalized spacial score (nSPS) is 12.1. The van der Waals surface area contributed by atoms with E-state index in [1.165, 1.54) is 12.1 Å². The Morgan fingerprint density at radius 1 is 0.750 bits per heavy atom. The maximum absolute atomic E-state index is 13.3. The zero-order valence-corrected chi connectivity index (χ0v) is 20.1. The number of hydrogen-bond acceptors (Lipinski definition) is 4. The average molecular weight is 499 g/mol. The summed E-state index contributed by atoms with van der Waals surface area (Å²) in [7, 11) is 0. The molecular formula is C29H29F3O4. The van der Waals surface area contributed by atoms with Gasteiger partial charge < -0.3 is 9.47 Å². The van der Waals surface area contributed by atoms with Crippen LogP contribution in [0.15, 0.2) is 78.9 Å². The highest BCUT2D eigenvalue weighted by Gasteiger charge is 2.42. The number of benzene rings is 3. The Hall–Kier alpha value is -3.61. The first-order valence-corrected chi connectivity index (χ1v) is 12.0. The SMILES string of the molecule is CCCCCCC(OC(=O)c1ccc(-c2ccc(C(=O)OCc3ccccc3)cc2)cc1)C(F)(F)F. The Bertz CT molecular complexity index is 1110. The van der Waals surface area contributed by atoms with E-state index in [2.05, 4.69) is 0 Å². The molecule has 36 heavy (non-hydrogen) atoms. The minimum Gasteiger partial charge on any atom is -0.457 e. The first kappa shape index (κ1) is 27.0. The molecule has 0 spiro atoms. The van der Waals surface area contributed by atoms with E-state index in [9.17, 15) is 22.8 Å². The lowest BCUT2D eigenvalue weighted by Gasteiger charge is -2.20. The molecule has 3 rings (SSSR count). The number of alkyl halides is 3. The molecule has 0 saturated heterocycles. The number of carbonyl (C=O) groups excluding carboxylic acids is 2. The van der Waals surface area contributed by atoms with E-state index in [4.69, 9.17) is 9.47 Å². The molecule has 0 aliphatic rings. The van der Waals surface area contributed by atoms with Crippen LogP contribution in [0, 0.1) is 0 Å². The number of esters is 2. The van der Waals surface area contributed by atoms with Gasteiger partial charge in [0.05, 0.1) is 11.1 Å². The largest absolute Gasteiger partial charge is 0.457 e. The van der Waals surface area contributed by atoms with Crippen LogP contribution in [0.25, 0.3) is 11.1 Å². The fraction of sp³-hybridized carbons (Fsp3) is 0.310. The van der Waals surface area contributed by atoms with Gasteiger partial charge in [-0.15, -0.1) is 0 Å². The molecule has 0 amide bonds. The Balaban J connectivity index is 1.58. The third-order valence-electron chi connectivity index (χ3n) is 5.72. The molecule has 0 aliphatic heterocycles. The van der Waals surface area contributed by atoms with Crippen LogP contribution in [0.2, 0.25) is 0 Å². The van der Waals surface area contributed by atoms with Crippen molar-refractivity contribution in [1.82, 2.24) is 0 Å². The standard InChI is InChI=1S/C29H29F3O4/c1-2-3-4-8-11-26(29(30,31)32)36-28(34)25-18-14-23(15-19-25)22-12-16-24(17-13-22)27(33)35-20-21-9-6-5-7-10-21/h5-7,9-10,12-19,26H,2-4,8,11,20H2,1H3. The number of carbonyl (C=O) groups is 2. The molecule has 7 heteroatoms. The number of hydrogen-bond donors (Lipinski definition) is 0. The molecule has 3 aromatic carbocycles. The van der Waals surface area contributed by atoms with Crippen LogP contribution in [0.5, 0.6) is 0 Å². The van der Waals surface area contributed by atoms with E-state index in [1.807, 2.05) is 37.3 Å². The van der Waals surface area contributed by atoms with Crippen LogP contribution in [-0.2, 0) is 16.1 Å². The van der Waals surface area contributed by atoms with Gasteiger partial charge in [-0.2, -0.15) is 13.2 Å². The Kier molecular flexibility index (Phi) is 9.68. The van der Waals surface area contributed by atoms with Gasteiger partial charge in [-0.3, -0.25) is 0 Å². The van der Waals surface area contributed by atoms with Gasteiger partial charge in [0.25, 0.3) is 0 Å². The smallest absolute Gasteiger partial charge is 0.425 e. The molecule has 0 radical (unpaired) electrons. The fourth-order valence-corrected chi connectivity index (χ4v) is 3.65.